The highest BCUT2D eigenvalue weighted by molar-refractivity contribution is 6.31. The number of fused-ring (bicyclic) bond motifs is 1. The lowest BCUT2D eigenvalue weighted by Crippen LogP contribution is -2.18. The van der Waals surface area contributed by atoms with Crippen LogP contribution >= 0.6 is 11.6 Å². The Morgan fingerprint density at radius 2 is 1.79 bits per heavy atom. The standard InChI is InChI=1S/C23H24ClNO3/c1-16(13-23(27)28)12-22(26)25-20(9-5-8-17-6-3-2-4-7-17)14-18-10-11-19(24)15-21(18)25/h2-4,6-7,10-11,14-16H,5,8-9,12-13H2,1H3,(H,27,28). The topological polar surface area (TPSA) is 59.3 Å². The number of carbonyl (C=O) groups is 2. The number of aromatic nitrogens is 1. The average molecular weight is 398 g/mol. The van der Waals surface area contributed by atoms with Gasteiger partial charge in [-0.2, -0.15) is 0 Å². The zero-order valence-electron chi connectivity index (χ0n) is 15.9. The summed E-state index contributed by atoms with van der Waals surface area (Å²) in [4.78, 5) is 23.9. The summed E-state index contributed by atoms with van der Waals surface area (Å²) in [6, 6.07) is 17.9. The van der Waals surface area contributed by atoms with Crippen molar-refractivity contribution in [2.75, 3.05) is 0 Å². The Morgan fingerprint density at radius 1 is 1.04 bits per heavy atom. The van der Waals surface area contributed by atoms with E-state index < -0.39 is 5.97 Å². The van der Waals surface area contributed by atoms with Crippen molar-refractivity contribution in [3.05, 3.63) is 70.9 Å². The van der Waals surface area contributed by atoms with E-state index in [1.54, 1.807) is 17.6 Å². The molecule has 0 radical (unpaired) electrons. The highest BCUT2D eigenvalue weighted by Crippen LogP contribution is 2.26. The van der Waals surface area contributed by atoms with Gasteiger partial charge in [-0.1, -0.05) is 54.9 Å². The van der Waals surface area contributed by atoms with Crippen LogP contribution in [0.1, 0.15) is 42.2 Å². The fourth-order valence-corrected chi connectivity index (χ4v) is 3.75. The number of hydrogen-bond donors (Lipinski definition) is 1. The Labute approximate surface area is 169 Å². The zero-order valence-corrected chi connectivity index (χ0v) is 16.7. The Hall–Kier alpha value is -2.59. The summed E-state index contributed by atoms with van der Waals surface area (Å²) in [5, 5.41) is 10.5. The molecular weight excluding hydrogens is 374 g/mol. The molecule has 0 aliphatic carbocycles. The van der Waals surface area contributed by atoms with Crippen molar-refractivity contribution in [2.45, 2.75) is 39.0 Å². The van der Waals surface area contributed by atoms with Crippen LogP contribution in [0.2, 0.25) is 5.02 Å². The molecule has 1 N–H and O–H groups in total. The fraction of sp³-hybridized carbons (Fsp3) is 0.304. The maximum Gasteiger partial charge on any atom is 0.303 e. The first-order chi connectivity index (χ1) is 13.4. The van der Waals surface area contributed by atoms with Crippen LogP contribution in [0.25, 0.3) is 10.9 Å². The predicted molar refractivity (Wildman–Crippen MR) is 112 cm³/mol. The number of benzene rings is 2. The average Bonchev–Trinajstić information content (AvgIpc) is 2.99. The number of carboxylic acids is 1. The van der Waals surface area contributed by atoms with E-state index in [4.69, 9.17) is 16.7 Å². The van der Waals surface area contributed by atoms with Crippen LogP contribution in [0.15, 0.2) is 54.6 Å². The van der Waals surface area contributed by atoms with Gasteiger partial charge in [0, 0.05) is 28.9 Å². The van der Waals surface area contributed by atoms with Crippen molar-refractivity contribution >= 4 is 34.4 Å². The predicted octanol–water partition coefficient (Wildman–Crippen LogP) is 5.61. The van der Waals surface area contributed by atoms with E-state index in [-0.39, 0.29) is 24.7 Å². The van der Waals surface area contributed by atoms with Crippen LogP contribution in [0, 0.1) is 5.92 Å². The molecule has 1 aromatic heterocycles. The monoisotopic (exact) mass is 397 g/mol. The molecule has 1 heterocycles. The summed E-state index contributed by atoms with van der Waals surface area (Å²) in [7, 11) is 0. The van der Waals surface area contributed by atoms with Gasteiger partial charge in [0.25, 0.3) is 0 Å². The molecule has 3 rings (SSSR count). The lowest BCUT2D eigenvalue weighted by molar-refractivity contribution is -0.137. The number of aryl methyl sites for hydroxylation is 2. The van der Waals surface area contributed by atoms with Crippen LogP contribution < -0.4 is 0 Å². The van der Waals surface area contributed by atoms with Crippen molar-refractivity contribution in [3.63, 3.8) is 0 Å². The molecule has 2 aromatic carbocycles. The van der Waals surface area contributed by atoms with Gasteiger partial charge in [0.05, 0.1) is 5.52 Å². The maximum atomic E-state index is 13.0. The summed E-state index contributed by atoms with van der Waals surface area (Å²) in [5.41, 5.74) is 3.00. The Bertz CT molecular complexity index is 978. The Kier molecular flexibility index (Phi) is 6.53. The lowest BCUT2D eigenvalue weighted by Gasteiger charge is -2.13. The van der Waals surface area contributed by atoms with Gasteiger partial charge in [-0.05, 0) is 48.9 Å². The highest BCUT2D eigenvalue weighted by atomic mass is 35.5. The molecule has 1 atom stereocenters. The number of hydrogen-bond acceptors (Lipinski definition) is 2. The van der Waals surface area contributed by atoms with Gasteiger partial charge < -0.3 is 5.11 Å². The minimum Gasteiger partial charge on any atom is -0.481 e. The molecule has 4 nitrogen and oxygen atoms in total. The second kappa shape index (κ2) is 9.07. The van der Waals surface area contributed by atoms with Crippen molar-refractivity contribution in [3.8, 4) is 0 Å². The first-order valence-corrected chi connectivity index (χ1v) is 9.90. The van der Waals surface area contributed by atoms with Gasteiger partial charge in [0.15, 0.2) is 0 Å². The SMILES string of the molecule is CC(CC(=O)O)CC(=O)n1c(CCCc2ccccc2)cc2ccc(Cl)cc21. The van der Waals surface area contributed by atoms with Gasteiger partial charge in [-0.25, -0.2) is 0 Å². The smallest absolute Gasteiger partial charge is 0.303 e. The van der Waals surface area contributed by atoms with E-state index >= 15 is 0 Å². The van der Waals surface area contributed by atoms with Gasteiger partial charge in [0.1, 0.15) is 0 Å². The zero-order chi connectivity index (χ0) is 20.1. The van der Waals surface area contributed by atoms with Crippen LogP contribution in [0.5, 0.6) is 0 Å². The van der Waals surface area contributed by atoms with E-state index in [0.717, 1.165) is 35.9 Å². The summed E-state index contributed by atoms with van der Waals surface area (Å²) < 4.78 is 1.73. The van der Waals surface area contributed by atoms with Crippen LogP contribution in [0.3, 0.4) is 0 Å². The number of carboxylic acid groups (broad SMARTS) is 1. The van der Waals surface area contributed by atoms with Crippen LogP contribution in [-0.4, -0.2) is 21.6 Å². The quantitative estimate of drug-likeness (QED) is 0.537. The van der Waals surface area contributed by atoms with E-state index in [1.807, 2.05) is 36.4 Å². The van der Waals surface area contributed by atoms with Gasteiger partial charge in [-0.15, -0.1) is 0 Å². The van der Waals surface area contributed by atoms with Crippen molar-refractivity contribution in [1.82, 2.24) is 4.57 Å². The van der Waals surface area contributed by atoms with Gasteiger partial charge in [-0.3, -0.25) is 14.2 Å². The minimum atomic E-state index is -0.885. The summed E-state index contributed by atoms with van der Waals surface area (Å²) in [6.45, 7) is 1.79. The molecule has 0 spiro atoms. The van der Waals surface area contributed by atoms with Crippen molar-refractivity contribution < 1.29 is 14.7 Å². The van der Waals surface area contributed by atoms with Gasteiger partial charge >= 0.3 is 5.97 Å². The third-order valence-corrected chi connectivity index (χ3v) is 5.11. The first kappa shape index (κ1) is 20.2. The molecule has 146 valence electrons. The molecule has 3 aromatic rings. The maximum absolute atomic E-state index is 13.0. The Balaban J connectivity index is 1.83. The molecule has 28 heavy (non-hydrogen) atoms. The molecule has 0 saturated heterocycles. The van der Waals surface area contributed by atoms with Crippen molar-refractivity contribution in [1.29, 1.82) is 0 Å². The second-order valence-electron chi connectivity index (χ2n) is 7.31. The second-order valence-corrected chi connectivity index (χ2v) is 7.75. The summed E-state index contributed by atoms with van der Waals surface area (Å²) >= 11 is 6.16. The van der Waals surface area contributed by atoms with E-state index in [0.29, 0.717) is 5.02 Å². The number of halogens is 1. The normalized spacial score (nSPS) is 12.2. The van der Waals surface area contributed by atoms with Gasteiger partial charge in [0.2, 0.25) is 5.91 Å². The molecule has 0 aliphatic rings. The number of rotatable bonds is 8. The molecule has 0 saturated carbocycles. The molecule has 0 amide bonds. The lowest BCUT2D eigenvalue weighted by atomic mass is 10.0. The third-order valence-electron chi connectivity index (χ3n) is 4.88. The molecule has 1 unspecified atom stereocenters. The Morgan fingerprint density at radius 3 is 2.50 bits per heavy atom. The molecule has 5 heteroatoms. The highest BCUT2D eigenvalue weighted by Gasteiger charge is 2.19. The van der Waals surface area contributed by atoms with E-state index in [1.165, 1.54) is 5.56 Å². The number of nitrogens with zero attached hydrogens (tertiary/aromatic N) is 1. The van der Waals surface area contributed by atoms with Crippen LogP contribution in [-0.2, 0) is 17.6 Å². The molecular formula is C23H24ClNO3. The minimum absolute atomic E-state index is 0.0188. The number of aliphatic carboxylic acids is 1. The van der Waals surface area contributed by atoms with Crippen LogP contribution in [0.4, 0.5) is 0 Å². The van der Waals surface area contributed by atoms with E-state index in [2.05, 4.69) is 12.1 Å². The molecule has 0 bridgehead atoms. The largest absolute Gasteiger partial charge is 0.481 e. The molecule has 0 aliphatic heterocycles. The summed E-state index contributed by atoms with van der Waals surface area (Å²) in [6.07, 6.45) is 2.79. The molecule has 0 fully saturated rings. The third kappa shape index (κ3) is 5.02. The summed E-state index contributed by atoms with van der Waals surface area (Å²) in [5.74, 6) is -1.19. The van der Waals surface area contributed by atoms with E-state index in [9.17, 15) is 9.59 Å². The van der Waals surface area contributed by atoms with Crippen molar-refractivity contribution in [2.24, 2.45) is 5.92 Å². The fourth-order valence-electron chi connectivity index (χ4n) is 3.59. The first-order valence-electron chi connectivity index (χ1n) is 9.53. The number of carbonyl (C=O) groups excluding carboxylic acids is 1.